The summed E-state index contributed by atoms with van der Waals surface area (Å²) < 4.78 is 28.9. The number of nitrogens with zero attached hydrogens (tertiary/aromatic N) is 2. The van der Waals surface area contributed by atoms with Crippen LogP contribution in [0.4, 0.5) is 8.78 Å². The van der Waals surface area contributed by atoms with Crippen molar-refractivity contribution in [3.8, 4) is 0 Å². The van der Waals surface area contributed by atoms with Gasteiger partial charge in [0.15, 0.2) is 0 Å². The van der Waals surface area contributed by atoms with Crippen molar-refractivity contribution in [2.75, 3.05) is 6.54 Å². The number of amides is 1. The highest BCUT2D eigenvalue weighted by Crippen LogP contribution is 2.13. The van der Waals surface area contributed by atoms with Gasteiger partial charge in [0.25, 0.3) is 5.91 Å². The lowest BCUT2D eigenvalue weighted by molar-refractivity contribution is 0.0949. The number of hydrogen-bond acceptors (Lipinski definition) is 2. The van der Waals surface area contributed by atoms with Crippen molar-refractivity contribution < 1.29 is 13.6 Å². The third-order valence-electron chi connectivity index (χ3n) is 3.35. The molecule has 4 nitrogen and oxygen atoms in total. The molecule has 0 saturated carbocycles. The van der Waals surface area contributed by atoms with Gasteiger partial charge in [0.05, 0.1) is 0 Å². The molecular weight excluding hydrogens is 368 g/mol. The maximum absolute atomic E-state index is 13.5. The first-order chi connectivity index (χ1) is 11.0. The molecule has 0 aliphatic rings. The van der Waals surface area contributed by atoms with Crippen LogP contribution in [0.25, 0.3) is 5.65 Å². The number of benzene rings is 1. The summed E-state index contributed by atoms with van der Waals surface area (Å²) in [5, 5.41) is 2.68. The van der Waals surface area contributed by atoms with Crippen molar-refractivity contribution in [1.29, 1.82) is 0 Å². The number of rotatable bonds is 4. The molecule has 2 heterocycles. The first-order valence-corrected chi connectivity index (χ1v) is 7.68. The van der Waals surface area contributed by atoms with Crippen LogP contribution in [0.5, 0.6) is 0 Å². The predicted molar refractivity (Wildman–Crippen MR) is 85.3 cm³/mol. The largest absolute Gasteiger partial charge is 0.350 e. The van der Waals surface area contributed by atoms with Gasteiger partial charge in [0.2, 0.25) is 0 Å². The Labute approximate surface area is 139 Å². The number of pyridine rings is 1. The van der Waals surface area contributed by atoms with Crippen molar-refractivity contribution in [2.45, 2.75) is 6.42 Å². The van der Waals surface area contributed by atoms with E-state index >= 15 is 0 Å². The van der Waals surface area contributed by atoms with E-state index in [0.29, 0.717) is 11.2 Å². The van der Waals surface area contributed by atoms with Crippen LogP contribution in [0, 0.1) is 11.6 Å². The summed E-state index contributed by atoms with van der Waals surface area (Å²) in [4.78, 5) is 16.3. The highest BCUT2D eigenvalue weighted by Gasteiger charge is 2.11. The summed E-state index contributed by atoms with van der Waals surface area (Å²) in [5.74, 6) is -1.57. The molecule has 3 aromatic rings. The Balaban J connectivity index is 1.64. The smallest absolute Gasteiger partial charge is 0.271 e. The summed E-state index contributed by atoms with van der Waals surface area (Å²) in [6.45, 7) is 0.235. The molecule has 1 aromatic carbocycles. The minimum Gasteiger partial charge on any atom is -0.350 e. The van der Waals surface area contributed by atoms with Crippen LogP contribution >= 0.6 is 15.9 Å². The first-order valence-electron chi connectivity index (χ1n) is 6.89. The van der Waals surface area contributed by atoms with Crippen molar-refractivity contribution >= 4 is 27.5 Å². The fourth-order valence-electron chi connectivity index (χ4n) is 2.19. The second-order valence-electron chi connectivity index (χ2n) is 4.98. The Kier molecular flexibility index (Phi) is 4.38. The van der Waals surface area contributed by atoms with E-state index in [1.165, 1.54) is 12.1 Å². The summed E-state index contributed by atoms with van der Waals surface area (Å²) >= 11 is 3.34. The van der Waals surface area contributed by atoms with Gasteiger partial charge < -0.3 is 9.72 Å². The molecule has 0 bridgehead atoms. The summed E-state index contributed by atoms with van der Waals surface area (Å²) in [7, 11) is 0. The lowest BCUT2D eigenvalue weighted by atomic mass is 10.1. The number of carbonyl (C=O) groups is 1. The minimum atomic E-state index is -0.619. The molecule has 7 heteroatoms. The molecule has 118 valence electrons. The van der Waals surface area contributed by atoms with Crippen LogP contribution in [-0.4, -0.2) is 21.8 Å². The monoisotopic (exact) mass is 379 g/mol. The number of hydrogen-bond donors (Lipinski definition) is 1. The van der Waals surface area contributed by atoms with Gasteiger partial charge in [-0.1, -0.05) is 22.0 Å². The molecule has 0 spiro atoms. The Morgan fingerprint density at radius 3 is 2.87 bits per heavy atom. The molecule has 23 heavy (non-hydrogen) atoms. The van der Waals surface area contributed by atoms with Crippen LogP contribution in [0.2, 0.25) is 0 Å². The quantitative estimate of drug-likeness (QED) is 0.755. The Bertz CT molecular complexity index is 879. The number of halogens is 3. The van der Waals surface area contributed by atoms with Crippen LogP contribution < -0.4 is 5.32 Å². The maximum Gasteiger partial charge on any atom is 0.271 e. The summed E-state index contributed by atoms with van der Waals surface area (Å²) in [5.41, 5.74) is 1.28. The fraction of sp³-hybridized carbons (Fsp3) is 0.125. The molecule has 0 radical (unpaired) electrons. The van der Waals surface area contributed by atoms with Crippen molar-refractivity contribution in [1.82, 2.24) is 14.7 Å². The van der Waals surface area contributed by atoms with Crippen molar-refractivity contribution in [3.05, 3.63) is 70.1 Å². The fourth-order valence-corrected chi connectivity index (χ4v) is 2.52. The Morgan fingerprint density at radius 2 is 2.09 bits per heavy atom. The standard InChI is InChI=1S/C16H12BrF2N3O/c17-11-4-6-22-9-14(21-15(22)7-11)16(23)20-5-3-10-1-2-12(18)8-13(10)19/h1-2,4,6-9H,3,5H2,(H,20,23). The molecular formula is C16H12BrF2N3O. The summed E-state index contributed by atoms with van der Waals surface area (Å²) in [6.07, 6.45) is 3.68. The second kappa shape index (κ2) is 6.45. The molecule has 0 aliphatic heterocycles. The van der Waals surface area contributed by atoms with Crippen LogP contribution in [0.1, 0.15) is 16.1 Å². The zero-order valence-corrected chi connectivity index (χ0v) is 13.5. The number of nitrogens with one attached hydrogen (secondary N) is 1. The highest BCUT2D eigenvalue weighted by molar-refractivity contribution is 9.10. The molecule has 0 atom stereocenters. The van der Waals surface area contributed by atoms with Crippen LogP contribution in [-0.2, 0) is 6.42 Å². The summed E-state index contributed by atoms with van der Waals surface area (Å²) in [6, 6.07) is 7.04. The number of aromatic nitrogens is 2. The van der Waals surface area contributed by atoms with Gasteiger partial charge in [-0.05, 0) is 30.2 Å². The Hall–Kier alpha value is -2.28. The molecule has 2 aromatic heterocycles. The predicted octanol–water partition coefficient (Wildman–Crippen LogP) is 3.35. The van der Waals surface area contributed by atoms with E-state index in [0.717, 1.165) is 10.5 Å². The van der Waals surface area contributed by atoms with Crippen molar-refractivity contribution in [2.24, 2.45) is 0 Å². The average Bonchev–Trinajstić information content (AvgIpc) is 2.92. The topological polar surface area (TPSA) is 46.4 Å². The molecule has 0 saturated heterocycles. The lowest BCUT2D eigenvalue weighted by Gasteiger charge is -2.04. The minimum absolute atomic E-state index is 0.235. The molecule has 3 rings (SSSR count). The zero-order chi connectivity index (χ0) is 16.4. The van der Waals surface area contributed by atoms with E-state index in [1.54, 1.807) is 22.9 Å². The van der Waals surface area contributed by atoms with Crippen molar-refractivity contribution in [3.63, 3.8) is 0 Å². The van der Waals surface area contributed by atoms with E-state index in [1.807, 2.05) is 6.07 Å². The third-order valence-corrected chi connectivity index (χ3v) is 3.84. The second-order valence-corrected chi connectivity index (χ2v) is 5.89. The van der Waals surface area contributed by atoms with Gasteiger partial charge in [0, 0.05) is 29.5 Å². The normalized spacial score (nSPS) is 10.9. The van der Waals surface area contributed by atoms with Gasteiger partial charge in [-0.25, -0.2) is 13.8 Å². The van der Waals surface area contributed by atoms with Gasteiger partial charge in [0.1, 0.15) is 23.0 Å². The number of carbonyl (C=O) groups excluding carboxylic acids is 1. The van der Waals surface area contributed by atoms with E-state index in [9.17, 15) is 13.6 Å². The third kappa shape index (κ3) is 3.56. The van der Waals surface area contributed by atoms with Gasteiger partial charge in [-0.15, -0.1) is 0 Å². The van der Waals surface area contributed by atoms with E-state index < -0.39 is 11.6 Å². The molecule has 0 fully saturated rings. The van der Waals surface area contributed by atoms with Crippen LogP contribution in [0.15, 0.2) is 47.2 Å². The van der Waals surface area contributed by atoms with E-state index in [-0.39, 0.29) is 24.6 Å². The van der Waals surface area contributed by atoms with Gasteiger partial charge in [-0.3, -0.25) is 4.79 Å². The molecule has 0 aliphatic carbocycles. The van der Waals surface area contributed by atoms with Gasteiger partial charge in [-0.2, -0.15) is 0 Å². The first kappa shape index (κ1) is 15.6. The molecule has 0 unspecified atom stereocenters. The van der Waals surface area contributed by atoms with Gasteiger partial charge >= 0.3 is 0 Å². The average molecular weight is 380 g/mol. The van der Waals surface area contributed by atoms with E-state index in [4.69, 9.17) is 0 Å². The zero-order valence-electron chi connectivity index (χ0n) is 11.9. The number of fused-ring (bicyclic) bond motifs is 1. The highest BCUT2D eigenvalue weighted by atomic mass is 79.9. The lowest BCUT2D eigenvalue weighted by Crippen LogP contribution is -2.26. The number of imidazole rings is 1. The van der Waals surface area contributed by atoms with E-state index in [2.05, 4.69) is 26.2 Å². The SMILES string of the molecule is O=C(NCCc1ccc(F)cc1F)c1cn2ccc(Br)cc2n1. The molecule has 1 N–H and O–H groups in total. The maximum atomic E-state index is 13.5. The molecule has 1 amide bonds. The Morgan fingerprint density at radius 1 is 1.26 bits per heavy atom. The van der Waals surface area contributed by atoms with Crippen LogP contribution in [0.3, 0.4) is 0 Å².